The third kappa shape index (κ3) is 15.0. The van der Waals surface area contributed by atoms with E-state index in [-0.39, 0.29) is 6.04 Å². The van der Waals surface area contributed by atoms with Gasteiger partial charge in [0.25, 0.3) is 0 Å². The molecule has 0 spiro atoms. The summed E-state index contributed by atoms with van der Waals surface area (Å²) in [5.41, 5.74) is 0.802. The standard InChI is InChI=1S/C49H57F6N.C10H22/c1-2-3-4-5-6-7-8-9-10-11-12-13-14-15-16-19-33-56-45(35-39-31-30-37-23-17-18-28-43(37)46(39)56)47(40-25-21-27-42(36-40)49(53,54)55)32-22-29-44(47)38-24-20-26-41(34-38)48(50,51)52;1-3-5-7-9-10-8-6-4-2/h17-18,20-32,34,36,45H,2-16,19,33,35H2,1H3;3-10H2,1-2H3. The number of nitrogens with zero attached hydrogens (tertiary/aromatic N) is 1. The summed E-state index contributed by atoms with van der Waals surface area (Å²) in [5, 5.41) is 2.15. The molecule has 6 rings (SSSR count). The van der Waals surface area contributed by atoms with Crippen molar-refractivity contribution in [3.63, 3.8) is 0 Å². The SMILES string of the molecule is CCCCCCCCCC.CCCCCCCCCCCCCCCCCCN1c2c(ccc3ccccc23)CC1C1(c2cccc(C(F)(F)F)c2)C=CC=C1c1cccc(C(F)(F)F)c1. The normalized spacial score (nSPS) is 17.0. The van der Waals surface area contributed by atoms with Gasteiger partial charge in [0.15, 0.2) is 0 Å². The lowest BCUT2D eigenvalue weighted by atomic mass is 9.67. The third-order valence-corrected chi connectivity index (χ3v) is 14.0. The van der Waals surface area contributed by atoms with Crippen LogP contribution in [0.15, 0.2) is 103 Å². The zero-order valence-electron chi connectivity index (χ0n) is 40.5. The Morgan fingerprint density at radius 3 is 1.53 bits per heavy atom. The van der Waals surface area contributed by atoms with Crippen LogP contribution in [0.3, 0.4) is 0 Å². The molecule has 66 heavy (non-hydrogen) atoms. The molecule has 1 nitrogen and oxygen atoms in total. The van der Waals surface area contributed by atoms with Crippen molar-refractivity contribution in [1.29, 1.82) is 0 Å². The first kappa shape index (κ1) is 53.0. The average Bonchev–Trinajstić information content (AvgIpc) is 3.93. The van der Waals surface area contributed by atoms with E-state index in [9.17, 15) is 26.3 Å². The van der Waals surface area contributed by atoms with Crippen molar-refractivity contribution in [2.75, 3.05) is 11.4 Å². The molecule has 0 saturated heterocycles. The van der Waals surface area contributed by atoms with Crippen molar-refractivity contribution < 1.29 is 26.3 Å². The Morgan fingerprint density at radius 2 is 1.00 bits per heavy atom. The van der Waals surface area contributed by atoms with E-state index in [4.69, 9.17) is 0 Å². The number of alkyl halides is 6. The summed E-state index contributed by atoms with van der Waals surface area (Å²) in [6.45, 7) is 7.49. The quantitative estimate of drug-likeness (QED) is 0.0426. The number of fused-ring (bicyclic) bond motifs is 3. The van der Waals surface area contributed by atoms with Crippen LogP contribution in [0.1, 0.15) is 203 Å². The lowest BCUT2D eigenvalue weighted by Gasteiger charge is -2.44. The summed E-state index contributed by atoms with van der Waals surface area (Å²) in [6, 6.07) is 22.6. The van der Waals surface area contributed by atoms with Crippen molar-refractivity contribution in [1.82, 2.24) is 0 Å². The molecule has 0 saturated carbocycles. The minimum absolute atomic E-state index is 0.352. The first-order valence-corrected chi connectivity index (χ1v) is 26.0. The van der Waals surface area contributed by atoms with E-state index in [1.165, 1.54) is 153 Å². The molecular weight excluding hydrogens is 837 g/mol. The zero-order valence-corrected chi connectivity index (χ0v) is 40.5. The number of halogens is 6. The van der Waals surface area contributed by atoms with Crippen LogP contribution >= 0.6 is 0 Å². The predicted octanol–water partition coefficient (Wildman–Crippen LogP) is 19.6. The molecule has 0 N–H and O–H groups in total. The first-order chi connectivity index (χ1) is 32.0. The summed E-state index contributed by atoms with van der Waals surface area (Å²) in [4.78, 5) is 2.37. The minimum atomic E-state index is -4.58. The molecule has 4 aromatic carbocycles. The molecule has 0 bridgehead atoms. The van der Waals surface area contributed by atoms with Crippen LogP contribution in [0.25, 0.3) is 16.3 Å². The third-order valence-electron chi connectivity index (χ3n) is 14.0. The second-order valence-corrected chi connectivity index (χ2v) is 19.1. The highest BCUT2D eigenvalue weighted by atomic mass is 19.4. The molecule has 4 aromatic rings. The number of benzene rings is 4. The van der Waals surface area contributed by atoms with Crippen molar-refractivity contribution >= 4 is 22.0 Å². The van der Waals surface area contributed by atoms with Crippen molar-refractivity contribution in [3.05, 3.63) is 131 Å². The van der Waals surface area contributed by atoms with E-state index in [2.05, 4.69) is 49.9 Å². The van der Waals surface area contributed by atoms with Crippen LogP contribution in [0.5, 0.6) is 0 Å². The molecule has 0 radical (unpaired) electrons. The van der Waals surface area contributed by atoms with Crippen LogP contribution < -0.4 is 4.90 Å². The molecule has 0 aromatic heterocycles. The average molecular weight is 916 g/mol. The molecule has 0 fully saturated rings. The van der Waals surface area contributed by atoms with Gasteiger partial charge in [-0.1, -0.05) is 253 Å². The van der Waals surface area contributed by atoms with Gasteiger partial charge in [0, 0.05) is 17.6 Å². The lowest BCUT2D eigenvalue weighted by Crippen LogP contribution is -2.49. The molecule has 0 amide bonds. The maximum atomic E-state index is 14.3. The van der Waals surface area contributed by atoms with E-state index in [1.807, 2.05) is 24.3 Å². The van der Waals surface area contributed by atoms with Crippen molar-refractivity contribution in [2.45, 2.75) is 205 Å². The van der Waals surface area contributed by atoms with Crippen LogP contribution in [-0.2, 0) is 24.2 Å². The van der Waals surface area contributed by atoms with Gasteiger partial charge in [-0.05, 0) is 58.7 Å². The van der Waals surface area contributed by atoms with Gasteiger partial charge in [-0.2, -0.15) is 26.3 Å². The number of anilines is 1. The highest BCUT2D eigenvalue weighted by Gasteiger charge is 2.50. The monoisotopic (exact) mass is 916 g/mol. The Bertz CT molecular complexity index is 2070. The number of rotatable bonds is 27. The minimum Gasteiger partial charge on any atom is -0.366 e. The zero-order chi connectivity index (χ0) is 47.3. The van der Waals surface area contributed by atoms with Crippen molar-refractivity contribution in [3.8, 4) is 0 Å². The van der Waals surface area contributed by atoms with Crippen LogP contribution in [0.4, 0.5) is 32.0 Å². The van der Waals surface area contributed by atoms with E-state index in [0.717, 1.165) is 59.5 Å². The number of hydrogen-bond acceptors (Lipinski definition) is 1. The van der Waals surface area contributed by atoms with Gasteiger partial charge >= 0.3 is 12.4 Å². The summed E-state index contributed by atoms with van der Waals surface area (Å²) < 4.78 is 85.1. The smallest absolute Gasteiger partial charge is 0.366 e. The van der Waals surface area contributed by atoms with Gasteiger partial charge in [0.05, 0.1) is 22.6 Å². The Hall–Kier alpha value is -4.00. The van der Waals surface area contributed by atoms with Crippen LogP contribution in [0.2, 0.25) is 0 Å². The fourth-order valence-corrected chi connectivity index (χ4v) is 10.4. The second kappa shape index (κ2) is 27.1. The van der Waals surface area contributed by atoms with E-state index in [0.29, 0.717) is 29.7 Å². The summed E-state index contributed by atoms with van der Waals surface area (Å²) in [5.74, 6) is 0. The maximum absolute atomic E-state index is 14.3. The number of hydrogen-bond donors (Lipinski definition) is 0. The second-order valence-electron chi connectivity index (χ2n) is 19.1. The number of unbranched alkanes of at least 4 members (excludes halogenated alkanes) is 22. The predicted molar refractivity (Wildman–Crippen MR) is 268 cm³/mol. The van der Waals surface area contributed by atoms with Gasteiger partial charge in [-0.25, -0.2) is 0 Å². The summed E-state index contributed by atoms with van der Waals surface area (Å²) in [7, 11) is 0. The van der Waals surface area contributed by atoms with Gasteiger partial charge in [-0.15, -0.1) is 0 Å². The molecule has 1 aliphatic carbocycles. The lowest BCUT2D eigenvalue weighted by molar-refractivity contribution is -0.138. The molecular formula is C59H79F6N. The molecule has 7 heteroatoms. The molecule has 1 aliphatic heterocycles. The highest BCUT2D eigenvalue weighted by molar-refractivity contribution is 5.98. The Balaban J connectivity index is 0.000000730. The van der Waals surface area contributed by atoms with E-state index >= 15 is 0 Å². The molecule has 1 heterocycles. The van der Waals surface area contributed by atoms with E-state index < -0.39 is 28.9 Å². The highest BCUT2D eigenvalue weighted by Crippen LogP contribution is 2.54. The largest absolute Gasteiger partial charge is 0.416 e. The van der Waals surface area contributed by atoms with Crippen LogP contribution in [-0.4, -0.2) is 12.6 Å². The Morgan fingerprint density at radius 1 is 0.515 bits per heavy atom. The molecule has 362 valence electrons. The number of allylic oxidation sites excluding steroid dienone is 2. The molecule has 2 atom stereocenters. The maximum Gasteiger partial charge on any atom is 0.416 e. The van der Waals surface area contributed by atoms with Gasteiger partial charge in [0.2, 0.25) is 0 Å². The van der Waals surface area contributed by atoms with Gasteiger partial charge < -0.3 is 4.90 Å². The fourth-order valence-electron chi connectivity index (χ4n) is 10.4. The first-order valence-electron chi connectivity index (χ1n) is 26.0. The fraction of sp³-hybridized carbons (Fsp3) is 0.559. The van der Waals surface area contributed by atoms with Crippen LogP contribution in [0, 0.1) is 0 Å². The van der Waals surface area contributed by atoms with Gasteiger partial charge in [0.1, 0.15) is 0 Å². The summed E-state index contributed by atoms with van der Waals surface area (Å²) in [6.07, 6.45) is 28.5. The Labute approximate surface area is 394 Å². The molecule has 2 unspecified atom stereocenters. The Kier molecular flexibility index (Phi) is 21.8. The van der Waals surface area contributed by atoms with Gasteiger partial charge in [-0.3, -0.25) is 0 Å². The molecule has 2 aliphatic rings. The summed E-state index contributed by atoms with van der Waals surface area (Å²) >= 11 is 0. The topological polar surface area (TPSA) is 3.24 Å². The van der Waals surface area contributed by atoms with Crippen molar-refractivity contribution in [2.24, 2.45) is 0 Å². The van der Waals surface area contributed by atoms with E-state index in [1.54, 1.807) is 18.2 Å².